The molecule has 1 aliphatic rings. The number of ether oxygens (including phenoxy) is 2. The molecule has 0 aliphatic carbocycles. The van der Waals surface area contributed by atoms with Gasteiger partial charge in [-0.1, -0.05) is 0 Å². The van der Waals surface area contributed by atoms with Crippen molar-refractivity contribution in [3.63, 3.8) is 0 Å². The Morgan fingerprint density at radius 3 is 2.74 bits per heavy atom. The van der Waals surface area contributed by atoms with Gasteiger partial charge in [0, 0.05) is 0 Å². The second-order valence-electron chi connectivity index (χ2n) is 4.43. The van der Waals surface area contributed by atoms with E-state index in [0.29, 0.717) is 5.69 Å². The van der Waals surface area contributed by atoms with Gasteiger partial charge in [0.1, 0.15) is 11.8 Å². The van der Waals surface area contributed by atoms with Crippen LogP contribution < -0.4 is 5.32 Å². The van der Waals surface area contributed by atoms with Crippen molar-refractivity contribution in [2.24, 2.45) is 0 Å². The lowest BCUT2D eigenvalue weighted by Crippen LogP contribution is -2.27. The Morgan fingerprint density at radius 1 is 1.42 bits per heavy atom. The Balaban J connectivity index is 1.96. The summed E-state index contributed by atoms with van der Waals surface area (Å²) in [5.74, 6) is -0.692. The van der Waals surface area contributed by atoms with Crippen molar-refractivity contribution < 1.29 is 19.1 Å². The fourth-order valence-corrected chi connectivity index (χ4v) is 1.91. The molecule has 1 aliphatic heterocycles. The van der Waals surface area contributed by atoms with Crippen molar-refractivity contribution in [3.05, 3.63) is 24.0 Å². The van der Waals surface area contributed by atoms with Gasteiger partial charge in [0.25, 0.3) is 5.91 Å². The van der Waals surface area contributed by atoms with Crippen LogP contribution in [-0.4, -0.2) is 36.2 Å². The van der Waals surface area contributed by atoms with Crippen molar-refractivity contribution in [3.8, 4) is 0 Å². The first-order valence-electron chi connectivity index (χ1n) is 6.11. The third-order valence-electron chi connectivity index (χ3n) is 2.95. The van der Waals surface area contributed by atoms with Crippen LogP contribution in [-0.2, 0) is 14.3 Å². The van der Waals surface area contributed by atoms with Crippen molar-refractivity contribution >= 4 is 17.6 Å². The van der Waals surface area contributed by atoms with Gasteiger partial charge in [-0.2, -0.15) is 0 Å². The van der Waals surface area contributed by atoms with Crippen LogP contribution in [0.3, 0.4) is 0 Å². The zero-order valence-electron chi connectivity index (χ0n) is 10.9. The normalized spacial score (nSPS) is 22.0. The summed E-state index contributed by atoms with van der Waals surface area (Å²) < 4.78 is 10.0. The molecule has 0 aromatic carbocycles. The molecule has 0 radical (unpaired) electrons. The smallest absolute Gasteiger partial charge is 0.356 e. The topological polar surface area (TPSA) is 77.5 Å². The highest BCUT2D eigenvalue weighted by Crippen LogP contribution is 2.20. The molecule has 1 aromatic heterocycles. The number of rotatable bonds is 3. The van der Waals surface area contributed by atoms with Gasteiger partial charge in [-0.15, -0.1) is 0 Å². The summed E-state index contributed by atoms with van der Waals surface area (Å²) in [6, 6.07) is 3.11. The Morgan fingerprint density at radius 2 is 2.21 bits per heavy atom. The van der Waals surface area contributed by atoms with E-state index in [2.05, 4.69) is 15.0 Å². The van der Waals surface area contributed by atoms with E-state index in [4.69, 9.17) is 4.74 Å². The standard InChI is InChI=1S/C13H16N2O4/c1-8-3-6-11(19-8)12(16)15-9-4-5-10(14-7-9)13(17)18-2/h4-5,7-8,11H,3,6H2,1-2H3,(H,15,16). The Labute approximate surface area is 111 Å². The molecule has 1 fully saturated rings. The average molecular weight is 264 g/mol. The Bertz CT molecular complexity index is 472. The van der Waals surface area contributed by atoms with Gasteiger partial charge in [0.2, 0.25) is 0 Å². The molecule has 6 nitrogen and oxygen atoms in total. The number of nitrogens with zero attached hydrogens (tertiary/aromatic N) is 1. The minimum absolute atomic E-state index is 0.121. The van der Waals surface area contributed by atoms with E-state index in [1.54, 1.807) is 6.07 Å². The molecular weight excluding hydrogens is 248 g/mol. The van der Waals surface area contributed by atoms with Crippen LogP contribution in [0.5, 0.6) is 0 Å². The zero-order valence-corrected chi connectivity index (χ0v) is 10.9. The van der Waals surface area contributed by atoms with E-state index in [-0.39, 0.29) is 17.7 Å². The molecule has 2 atom stereocenters. The first-order valence-corrected chi connectivity index (χ1v) is 6.11. The van der Waals surface area contributed by atoms with Gasteiger partial charge in [-0.3, -0.25) is 4.79 Å². The number of carbonyl (C=O) groups excluding carboxylic acids is 2. The third kappa shape index (κ3) is 3.29. The van der Waals surface area contributed by atoms with Gasteiger partial charge in [-0.05, 0) is 31.9 Å². The van der Waals surface area contributed by atoms with Crippen LogP contribution in [0.1, 0.15) is 30.3 Å². The van der Waals surface area contributed by atoms with Gasteiger partial charge in [0.15, 0.2) is 0 Å². The number of hydrogen-bond acceptors (Lipinski definition) is 5. The number of carbonyl (C=O) groups is 2. The van der Waals surface area contributed by atoms with E-state index >= 15 is 0 Å². The molecule has 0 saturated carbocycles. The number of esters is 1. The molecule has 2 rings (SSSR count). The molecule has 1 amide bonds. The average Bonchev–Trinajstić information content (AvgIpc) is 2.85. The Kier molecular flexibility index (Phi) is 4.11. The maximum atomic E-state index is 11.9. The fraction of sp³-hybridized carbons (Fsp3) is 0.462. The molecule has 1 N–H and O–H groups in total. The van der Waals surface area contributed by atoms with E-state index in [1.807, 2.05) is 6.92 Å². The number of aromatic nitrogens is 1. The summed E-state index contributed by atoms with van der Waals surface area (Å²) in [4.78, 5) is 27.0. The molecular formula is C13H16N2O4. The number of methoxy groups -OCH3 is 1. The molecule has 1 saturated heterocycles. The molecule has 1 aromatic rings. The number of nitrogens with one attached hydrogen (secondary N) is 1. The van der Waals surface area contributed by atoms with E-state index < -0.39 is 12.1 Å². The highest BCUT2D eigenvalue weighted by Gasteiger charge is 2.28. The van der Waals surface area contributed by atoms with Crippen molar-refractivity contribution in [2.75, 3.05) is 12.4 Å². The minimum atomic E-state index is -0.508. The number of hydrogen-bond donors (Lipinski definition) is 1. The van der Waals surface area contributed by atoms with Crippen LogP contribution in [0.15, 0.2) is 18.3 Å². The van der Waals surface area contributed by atoms with Crippen molar-refractivity contribution in [2.45, 2.75) is 32.0 Å². The Hall–Kier alpha value is -1.95. The molecule has 0 spiro atoms. The highest BCUT2D eigenvalue weighted by molar-refractivity contribution is 5.94. The highest BCUT2D eigenvalue weighted by atomic mass is 16.5. The van der Waals surface area contributed by atoms with Gasteiger partial charge in [0.05, 0.1) is 25.1 Å². The summed E-state index contributed by atoms with van der Waals surface area (Å²) in [6.45, 7) is 1.94. The zero-order chi connectivity index (χ0) is 13.8. The maximum Gasteiger partial charge on any atom is 0.356 e. The lowest BCUT2D eigenvalue weighted by Gasteiger charge is -2.11. The molecule has 0 bridgehead atoms. The quantitative estimate of drug-likeness (QED) is 0.834. The van der Waals surface area contributed by atoms with Crippen LogP contribution in [0, 0.1) is 0 Å². The largest absolute Gasteiger partial charge is 0.464 e. The molecule has 2 unspecified atom stereocenters. The molecule has 19 heavy (non-hydrogen) atoms. The summed E-state index contributed by atoms with van der Waals surface area (Å²) in [7, 11) is 1.29. The molecule has 102 valence electrons. The van der Waals surface area contributed by atoms with Crippen LogP contribution in [0.25, 0.3) is 0 Å². The second kappa shape index (κ2) is 5.79. The fourth-order valence-electron chi connectivity index (χ4n) is 1.91. The summed E-state index contributed by atoms with van der Waals surface area (Å²) in [6.07, 6.45) is 2.74. The van der Waals surface area contributed by atoms with Gasteiger partial charge < -0.3 is 14.8 Å². The van der Waals surface area contributed by atoms with E-state index in [9.17, 15) is 9.59 Å². The van der Waals surface area contributed by atoms with E-state index in [1.165, 1.54) is 19.4 Å². The van der Waals surface area contributed by atoms with Crippen LogP contribution >= 0.6 is 0 Å². The first kappa shape index (κ1) is 13.5. The second-order valence-corrected chi connectivity index (χ2v) is 4.43. The third-order valence-corrected chi connectivity index (χ3v) is 2.95. The molecule has 6 heteroatoms. The summed E-state index contributed by atoms with van der Waals surface area (Å²) in [5, 5.41) is 2.71. The van der Waals surface area contributed by atoms with Crippen molar-refractivity contribution in [1.82, 2.24) is 4.98 Å². The van der Waals surface area contributed by atoms with Crippen molar-refractivity contribution in [1.29, 1.82) is 0 Å². The lowest BCUT2D eigenvalue weighted by molar-refractivity contribution is -0.126. The number of pyridine rings is 1. The summed E-state index contributed by atoms with van der Waals surface area (Å²) in [5.41, 5.74) is 0.729. The minimum Gasteiger partial charge on any atom is -0.464 e. The summed E-state index contributed by atoms with van der Waals surface area (Å²) >= 11 is 0. The SMILES string of the molecule is COC(=O)c1ccc(NC(=O)C2CCC(C)O2)cn1. The van der Waals surface area contributed by atoms with Gasteiger partial charge in [-0.25, -0.2) is 9.78 Å². The van der Waals surface area contributed by atoms with Gasteiger partial charge >= 0.3 is 5.97 Å². The predicted molar refractivity (Wildman–Crippen MR) is 67.8 cm³/mol. The van der Waals surface area contributed by atoms with Crippen LogP contribution in [0.2, 0.25) is 0 Å². The van der Waals surface area contributed by atoms with E-state index in [0.717, 1.165) is 12.8 Å². The predicted octanol–water partition coefficient (Wildman–Crippen LogP) is 1.37. The lowest BCUT2D eigenvalue weighted by atomic mass is 10.2. The maximum absolute atomic E-state index is 11.9. The number of amides is 1. The number of anilines is 1. The van der Waals surface area contributed by atoms with Crippen LogP contribution in [0.4, 0.5) is 5.69 Å². The first-order chi connectivity index (χ1) is 9.10. The molecule has 2 heterocycles. The monoisotopic (exact) mass is 264 g/mol.